The van der Waals surface area contributed by atoms with Gasteiger partial charge in [-0.2, -0.15) is 0 Å². The summed E-state index contributed by atoms with van der Waals surface area (Å²) in [4.78, 5) is 0. The van der Waals surface area contributed by atoms with Crippen molar-refractivity contribution in [2.24, 2.45) is 0 Å². The van der Waals surface area contributed by atoms with Gasteiger partial charge in [-0.05, 0) is 0 Å². The summed E-state index contributed by atoms with van der Waals surface area (Å²) in [5.74, 6) is 0. The first-order chi connectivity index (χ1) is 0. The van der Waals surface area contributed by atoms with E-state index >= 15 is 0 Å². The summed E-state index contributed by atoms with van der Waals surface area (Å²) < 4.78 is 0. The first-order valence-corrected chi connectivity index (χ1v) is 0. The molecule has 0 aliphatic rings. The Hall–Kier alpha value is 0.961. The Labute approximate surface area is 69.5 Å². The van der Waals surface area contributed by atoms with E-state index in [4.69, 9.17) is 0 Å². The molecule has 0 heterocycles. The van der Waals surface area contributed by atoms with Crippen LogP contribution in [-0.4, -0.2) is 5.48 Å². The zero-order valence-electron chi connectivity index (χ0n) is 2.95. The monoisotopic (exact) mass is 257 g/mol. The van der Waals surface area contributed by atoms with Gasteiger partial charge in [0.05, 0.1) is 0 Å². The molecule has 0 saturated heterocycles. The van der Waals surface area contributed by atoms with Gasteiger partial charge >= 0.3 is 40.8 Å². The maximum atomic E-state index is 0. The van der Waals surface area contributed by atoms with Gasteiger partial charge in [0.25, 0.3) is 0 Å². The van der Waals surface area contributed by atoms with Crippen molar-refractivity contribution in [1.29, 1.82) is 0 Å². The summed E-state index contributed by atoms with van der Waals surface area (Å²) in [6.07, 6.45) is 0. The quantitative estimate of drug-likeness (QED) is 0.387. The van der Waals surface area contributed by atoms with Gasteiger partial charge in [0.2, 0.25) is 0 Å². The molecular weight excluding hydrogens is 255 g/mol. The molecule has 0 fully saturated rings. The summed E-state index contributed by atoms with van der Waals surface area (Å²) in [5.41, 5.74) is 0. The van der Waals surface area contributed by atoms with Crippen LogP contribution in [0.4, 0.5) is 9.41 Å². The summed E-state index contributed by atoms with van der Waals surface area (Å²) in [5, 5.41) is 0. The summed E-state index contributed by atoms with van der Waals surface area (Å²) >= 11 is 0. The Morgan fingerprint density at radius 3 is 0.571 bits per heavy atom. The molecule has 0 aromatic rings. The van der Waals surface area contributed by atoms with Gasteiger partial charge in [-0.25, -0.2) is 0 Å². The van der Waals surface area contributed by atoms with E-state index in [-0.39, 0.29) is 69.8 Å². The molecule has 0 rings (SSSR count). The van der Waals surface area contributed by atoms with Crippen LogP contribution in [0.3, 0.4) is 0 Å². The molecule has 0 aromatic carbocycles. The fourth-order valence-corrected chi connectivity index (χ4v) is 0. The molecule has 2 N–H and O–H groups in total. The van der Waals surface area contributed by atoms with Crippen LogP contribution in [-0.2, 0) is 0 Å². The maximum absolute atomic E-state index is 0. The fourth-order valence-electron chi connectivity index (χ4n) is 0. The molecule has 1 nitrogen and oxygen atoms in total. The Kier molecular flexibility index (Phi) is 16000. The van der Waals surface area contributed by atoms with Crippen LogP contribution in [0.5, 0.6) is 0 Å². The SMILES string of the molecule is F.F.O.[F-].[F-].[F-].[Nd+3]. The van der Waals surface area contributed by atoms with Crippen molar-refractivity contribution in [1.82, 2.24) is 0 Å². The second-order valence-electron chi connectivity index (χ2n) is 0. The molecule has 0 bridgehead atoms. The predicted molar refractivity (Wildman–Crippen MR) is 8.62 cm³/mol. The Bertz CT molecular complexity index is 8.04. The van der Waals surface area contributed by atoms with Crippen LogP contribution in [0.15, 0.2) is 0 Å². The van der Waals surface area contributed by atoms with Gasteiger partial charge in [0, 0.05) is 0 Å². The second kappa shape index (κ2) is 268. The van der Waals surface area contributed by atoms with Crippen LogP contribution in [0.25, 0.3) is 0 Å². The third kappa shape index (κ3) is 186. The molecule has 0 amide bonds. The molecule has 7 heteroatoms. The molecular formula is H4F5NdO. The first-order valence-electron chi connectivity index (χ1n) is 0. The van der Waals surface area contributed by atoms with E-state index in [0.29, 0.717) is 0 Å². The van der Waals surface area contributed by atoms with E-state index in [2.05, 4.69) is 0 Å². The zero-order valence-corrected chi connectivity index (χ0v) is 6.16. The van der Waals surface area contributed by atoms with Gasteiger partial charge in [-0.3, -0.25) is 9.41 Å². The van der Waals surface area contributed by atoms with E-state index < -0.39 is 0 Å². The van der Waals surface area contributed by atoms with Gasteiger partial charge in [-0.15, -0.1) is 0 Å². The van der Waals surface area contributed by atoms with Gasteiger partial charge in [0.1, 0.15) is 0 Å². The zero-order chi connectivity index (χ0) is 0. The average Bonchev–Trinajstić information content (AvgIpc) is 0. The summed E-state index contributed by atoms with van der Waals surface area (Å²) in [6, 6.07) is 0. The van der Waals surface area contributed by atoms with Gasteiger partial charge < -0.3 is 19.6 Å². The van der Waals surface area contributed by atoms with E-state index in [1.54, 1.807) is 0 Å². The van der Waals surface area contributed by atoms with Crippen LogP contribution in [0.1, 0.15) is 0 Å². The number of rotatable bonds is 0. The maximum Gasteiger partial charge on any atom is 3.00 e. The number of halogens is 5. The second-order valence-corrected chi connectivity index (χ2v) is 0. The minimum Gasteiger partial charge on any atom is -1.00 e. The topological polar surface area (TPSA) is 31.5 Å². The first kappa shape index (κ1) is 418. The molecule has 0 saturated carbocycles. The smallest absolute Gasteiger partial charge is 1.00 e. The van der Waals surface area contributed by atoms with E-state index in [1.165, 1.54) is 0 Å². The molecule has 7 heavy (non-hydrogen) atoms. The number of hydrogen-bond acceptors (Lipinski definition) is 0. The third-order valence-electron chi connectivity index (χ3n) is 0. The van der Waals surface area contributed by atoms with Crippen molar-refractivity contribution < 1.29 is 69.8 Å². The van der Waals surface area contributed by atoms with Crippen molar-refractivity contribution in [3.8, 4) is 0 Å². The molecule has 0 unspecified atom stereocenters. The molecule has 0 atom stereocenters. The normalized spacial score (nSPS) is 0. The van der Waals surface area contributed by atoms with Crippen molar-refractivity contribution in [3.63, 3.8) is 0 Å². The fraction of sp³-hybridized carbons (Fsp3) is 0. The summed E-state index contributed by atoms with van der Waals surface area (Å²) in [7, 11) is 0. The van der Waals surface area contributed by atoms with Gasteiger partial charge in [-0.1, -0.05) is 0 Å². The van der Waals surface area contributed by atoms with E-state index in [0.717, 1.165) is 0 Å². The molecule has 0 aliphatic carbocycles. The average molecular weight is 259 g/mol. The van der Waals surface area contributed by atoms with Crippen molar-refractivity contribution in [2.45, 2.75) is 0 Å². The van der Waals surface area contributed by atoms with Crippen molar-refractivity contribution in [2.75, 3.05) is 0 Å². The van der Waals surface area contributed by atoms with Crippen molar-refractivity contribution in [3.05, 3.63) is 0 Å². The molecule has 0 aliphatic heterocycles. The largest absolute Gasteiger partial charge is 3.00 e. The predicted octanol–water partition coefficient (Wildman–Crippen LogP) is -9.51. The van der Waals surface area contributed by atoms with E-state index in [1.807, 2.05) is 0 Å². The van der Waals surface area contributed by atoms with Crippen LogP contribution >= 0.6 is 0 Å². The molecule has 0 spiro atoms. The van der Waals surface area contributed by atoms with Gasteiger partial charge in [0.15, 0.2) is 0 Å². The van der Waals surface area contributed by atoms with Crippen molar-refractivity contribution >= 4 is 0 Å². The third-order valence-corrected chi connectivity index (χ3v) is 0. The molecule has 1 radical (unpaired) electrons. The molecule has 49 valence electrons. The Balaban J connectivity index is 0. The van der Waals surface area contributed by atoms with Crippen LogP contribution in [0.2, 0.25) is 0 Å². The van der Waals surface area contributed by atoms with E-state index in [9.17, 15) is 0 Å². The van der Waals surface area contributed by atoms with Crippen LogP contribution < -0.4 is 14.1 Å². The Morgan fingerprint density at radius 1 is 0.571 bits per heavy atom. The minimum absolute atomic E-state index is 0. The summed E-state index contributed by atoms with van der Waals surface area (Å²) in [6.45, 7) is 0. The molecule has 0 aromatic heterocycles. The Morgan fingerprint density at radius 2 is 0.571 bits per heavy atom. The number of hydrogen-bond donors (Lipinski definition) is 0. The minimum atomic E-state index is 0. The van der Waals surface area contributed by atoms with Crippen LogP contribution in [0, 0.1) is 40.8 Å². The standard InChI is InChI=1S/5FH.Nd.H2O/h5*1H;;1H2/q;;;;;+3;/p-3.